The maximum atomic E-state index is 3.77. The molecule has 0 rings (SSSR count). The summed E-state index contributed by atoms with van der Waals surface area (Å²) in [4.78, 5) is 0. The number of halogens is 1. The number of hydrogen-bond donors (Lipinski definition) is 0. The first-order chi connectivity index (χ1) is 11.7. The fourth-order valence-electron chi connectivity index (χ4n) is 3.49. The van der Waals surface area contributed by atoms with E-state index in [1.807, 2.05) is 0 Å². The summed E-state index contributed by atoms with van der Waals surface area (Å²) in [7, 11) is 2.44. The normalized spacial score (nSPS) is 12.0. The van der Waals surface area contributed by atoms with Crippen LogP contribution in [-0.2, 0) is 0 Å². The minimum absolute atomic E-state index is 1.12. The van der Waals surface area contributed by atoms with Crippen LogP contribution in [0.4, 0.5) is 0 Å². The molecule has 0 unspecified atom stereocenters. The van der Waals surface area contributed by atoms with Gasteiger partial charge in [-0.1, -0.05) is 90.9 Å². The number of alkyl halides is 1. The molecule has 0 atom stereocenters. The molecule has 0 saturated heterocycles. The number of nitrogens with zero attached hydrogens (tertiary/aromatic N) is 1. The summed E-state index contributed by atoms with van der Waals surface area (Å²) >= 11 is 3.77. The summed E-state index contributed by atoms with van der Waals surface area (Å²) in [5, 5.41) is 0. The zero-order valence-electron chi connectivity index (χ0n) is 17.3. The maximum absolute atomic E-state index is 3.77. The van der Waals surface area contributed by atoms with Crippen LogP contribution in [0.25, 0.3) is 0 Å². The second-order valence-corrected chi connectivity index (χ2v) is 8.64. The highest BCUT2D eigenvalue weighted by molar-refractivity contribution is 9.09. The second-order valence-electron chi connectivity index (χ2n) is 8.14. The molecule has 0 aliphatic rings. The molecule has 1 nitrogen and oxygen atoms in total. The van der Waals surface area contributed by atoms with E-state index in [9.17, 15) is 0 Å². The van der Waals surface area contributed by atoms with Crippen molar-refractivity contribution < 1.29 is 4.48 Å². The van der Waals surface area contributed by atoms with Crippen molar-refractivity contribution in [1.82, 2.24) is 0 Å². The van der Waals surface area contributed by atoms with Gasteiger partial charge in [0.05, 0.1) is 20.1 Å². The lowest BCUT2D eigenvalue weighted by atomic mass is 10.1. The van der Waals surface area contributed by atoms with Crippen LogP contribution in [0.15, 0.2) is 0 Å². The van der Waals surface area contributed by atoms with E-state index in [-0.39, 0.29) is 0 Å². The molecule has 0 aliphatic carbocycles. The molecule has 0 bridgehead atoms. The average molecular weight is 406 g/mol. The minimum atomic E-state index is 1.12. The molecule has 24 heavy (non-hydrogen) atoms. The van der Waals surface area contributed by atoms with Gasteiger partial charge in [0, 0.05) is 0 Å². The monoisotopic (exact) mass is 404 g/mol. The fourth-order valence-corrected chi connectivity index (χ4v) is 3.99. The van der Waals surface area contributed by atoms with Crippen LogP contribution in [0.1, 0.15) is 117 Å². The molecule has 0 aliphatic heterocycles. The van der Waals surface area contributed by atoms with Crippen molar-refractivity contribution in [2.45, 2.75) is 117 Å². The number of unbranched alkanes of at least 4 members (excludes halogenated alkanes) is 14. The first-order valence-electron chi connectivity index (χ1n) is 11.1. The molecule has 0 spiro atoms. The van der Waals surface area contributed by atoms with Crippen LogP contribution >= 0.6 is 15.9 Å². The summed E-state index contributed by atoms with van der Waals surface area (Å²) in [6.45, 7) is 7.31. The maximum Gasteiger partial charge on any atom is 0.134 e. The summed E-state index contributed by atoms with van der Waals surface area (Å²) in [5.41, 5.74) is 1.12. The molecule has 0 aromatic carbocycles. The Morgan fingerprint density at radius 1 is 0.500 bits per heavy atom. The van der Waals surface area contributed by atoms with Crippen LogP contribution in [0.5, 0.6) is 0 Å². The molecule has 0 saturated carbocycles. The van der Waals surface area contributed by atoms with Crippen LogP contribution < -0.4 is 0 Å². The van der Waals surface area contributed by atoms with Crippen molar-refractivity contribution in [3.05, 3.63) is 0 Å². The van der Waals surface area contributed by atoms with Gasteiger partial charge in [0.2, 0.25) is 0 Å². The molecule has 0 aromatic heterocycles. The van der Waals surface area contributed by atoms with E-state index in [4.69, 9.17) is 0 Å². The Bertz CT molecular complexity index is 222. The third-order valence-electron chi connectivity index (χ3n) is 5.39. The van der Waals surface area contributed by atoms with E-state index >= 15 is 0 Å². The van der Waals surface area contributed by atoms with Gasteiger partial charge >= 0.3 is 0 Å². The molecule has 0 radical (unpaired) electrons. The van der Waals surface area contributed by atoms with Crippen molar-refractivity contribution in [3.63, 3.8) is 0 Å². The average Bonchev–Trinajstić information content (AvgIpc) is 2.59. The smallest absolute Gasteiger partial charge is 0.134 e. The Kier molecular flexibility index (Phi) is 18.6. The van der Waals surface area contributed by atoms with E-state index < -0.39 is 0 Å². The van der Waals surface area contributed by atoms with Crippen molar-refractivity contribution in [2.24, 2.45) is 0 Å². The zero-order valence-corrected chi connectivity index (χ0v) is 18.8. The molecule has 2 heteroatoms. The highest BCUT2D eigenvalue weighted by Gasteiger charge is 2.18. The van der Waals surface area contributed by atoms with Gasteiger partial charge < -0.3 is 4.48 Å². The largest absolute Gasteiger partial charge is 0.317 e. The predicted molar refractivity (Wildman–Crippen MR) is 115 cm³/mol. The number of hydrogen-bond acceptors (Lipinski definition) is 0. The van der Waals surface area contributed by atoms with Crippen molar-refractivity contribution in [3.8, 4) is 0 Å². The van der Waals surface area contributed by atoms with Gasteiger partial charge in [-0.15, -0.1) is 0 Å². The van der Waals surface area contributed by atoms with Gasteiger partial charge in [-0.05, 0) is 41.6 Å². The van der Waals surface area contributed by atoms with Crippen molar-refractivity contribution >= 4 is 15.9 Å². The first-order valence-corrected chi connectivity index (χ1v) is 12.2. The van der Waals surface area contributed by atoms with Gasteiger partial charge in [-0.3, -0.25) is 0 Å². The first kappa shape index (κ1) is 24.4. The van der Waals surface area contributed by atoms with Crippen LogP contribution in [0.3, 0.4) is 0 Å². The summed E-state index contributed by atoms with van der Waals surface area (Å²) in [6.07, 6.45) is 22.9. The topological polar surface area (TPSA) is 0 Å². The van der Waals surface area contributed by atoms with Gasteiger partial charge in [-0.25, -0.2) is 0 Å². The standard InChI is InChI=1S/C22H47BrN/c1-4-6-8-10-12-14-16-18-20-24(3,22-23)21-19-17-15-13-11-9-7-5-2/h4-22H2,1-3H3/q+1. The quantitative estimate of drug-likeness (QED) is 0.0882. The summed E-state index contributed by atoms with van der Waals surface area (Å²) in [5.74, 6) is 0. The third kappa shape index (κ3) is 15.9. The van der Waals surface area contributed by atoms with E-state index in [0.29, 0.717) is 0 Å². The summed E-state index contributed by atoms with van der Waals surface area (Å²) < 4.78 is 1.23. The lowest BCUT2D eigenvalue weighted by molar-refractivity contribution is -0.896. The highest BCUT2D eigenvalue weighted by atomic mass is 79.9. The van der Waals surface area contributed by atoms with Crippen molar-refractivity contribution in [1.29, 1.82) is 0 Å². The van der Waals surface area contributed by atoms with Crippen molar-refractivity contribution in [2.75, 3.05) is 25.6 Å². The SMILES string of the molecule is CCCCCCCCCC[N+](C)(CBr)CCCCCCCCCC. The lowest BCUT2D eigenvalue weighted by Gasteiger charge is -2.32. The fraction of sp³-hybridized carbons (Fsp3) is 1.00. The Balaban J connectivity index is 3.51. The zero-order chi connectivity index (χ0) is 17.9. The highest BCUT2D eigenvalue weighted by Crippen LogP contribution is 2.15. The van der Waals surface area contributed by atoms with Crippen LogP contribution in [0.2, 0.25) is 0 Å². The Labute approximate surface area is 162 Å². The molecular formula is C22H47BrN+. The number of quaternary nitrogens is 1. The van der Waals surface area contributed by atoms with Gasteiger partial charge in [0.1, 0.15) is 5.45 Å². The second kappa shape index (κ2) is 18.2. The molecule has 0 aromatic rings. The number of rotatable bonds is 19. The van der Waals surface area contributed by atoms with Gasteiger partial charge in [-0.2, -0.15) is 0 Å². The van der Waals surface area contributed by atoms with E-state index in [2.05, 4.69) is 36.8 Å². The minimum Gasteiger partial charge on any atom is -0.317 e. The van der Waals surface area contributed by atoms with E-state index in [1.54, 1.807) is 0 Å². The van der Waals surface area contributed by atoms with Gasteiger partial charge in [0.25, 0.3) is 0 Å². The van der Waals surface area contributed by atoms with E-state index in [0.717, 1.165) is 5.45 Å². The van der Waals surface area contributed by atoms with Crippen LogP contribution in [-0.4, -0.2) is 30.1 Å². The van der Waals surface area contributed by atoms with E-state index in [1.165, 1.54) is 120 Å². The Morgan fingerprint density at radius 2 is 0.792 bits per heavy atom. The molecule has 146 valence electrons. The molecule has 0 amide bonds. The molecule has 0 fully saturated rings. The van der Waals surface area contributed by atoms with Gasteiger partial charge in [0.15, 0.2) is 0 Å². The van der Waals surface area contributed by atoms with Crippen LogP contribution in [0, 0.1) is 0 Å². The summed E-state index contributed by atoms with van der Waals surface area (Å²) in [6, 6.07) is 0. The third-order valence-corrected chi connectivity index (χ3v) is 6.60. The Hall–Kier alpha value is 0.440. The molecule has 0 heterocycles. The Morgan fingerprint density at radius 3 is 1.08 bits per heavy atom. The molecule has 0 N–H and O–H groups in total. The molecular weight excluding hydrogens is 358 g/mol. The predicted octanol–water partition coefficient (Wildman–Crippen LogP) is 8.07. The lowest BCUT2D eigenvalue weighted by Crippen LogP contribution is -2.44.